The van der Waals surface area contributed by atoms with Crippen LogP contribution in [-0.4, -0.2) is 35.0 Å². The van der Waals surface area contributed by atoms with Gasteiger partial charge in [-0.25, -0.2) is 0 Å². The van der Waals surface area contributed by atoms with E-state index >= 15 is 0 Å². The first kappa shape index (κ1) is 16.1. The van der Waals surface area contributed by atoms with E-state index < -0.39 is 11.9 Å². The van der Waals surface area contributed by atoms with Crippen LogP contribution in [0.3, 0.4) is 0 Å². The molecule has 1 saturated heterocycles. The van der Waals surface area contributed by atoms with Gasteiger partial charge in [0.25, 0.3) is 0 Å². The quantitative estimate of drug-likeness (QED) is 0.926. The summed E-state index contributed by atoms with van der Waals surface area (Å²) in [5, 5.41) is 9.95. The number of benzene rings is 1. The number of piperidine rings is 1. The molecule has 114 valence electrons. The monoisotopic (exact) mass is 329 g/mol. The van der Waals surface area contributed by atoms with Gasteiger partial charge < -0.3 is 10.0 Å². The molecule has 0 spiro atoms. The van der Waals surface area contributed by atoms with Crippen molar-refractivity contribution in [3.63, 3.8) is 0 Å². The zero-order valence-corrected chi connectivity index (χ0v) is 13.2. The summed E-state index contributed by atoms with van der Waals surface area (Å²) in [7, 11) is 0. The summed E-state index contributed by atoms with van der Waals surface area (Å²) < 4.78 is 0. The third-order valence-electron chi connectivity index (χ3n) is 3.73. The topological polar surface area (TPSA) is 57.6 Å². The molecule has 1 fully saturated rings. The van der Waals surface area contributed by atoms with E-state index in [1.165, 1.54) is 0 Å². The van der Waals surface area contributed by atoms with Gasteiger partial charge in [0.1, 0.15) is 0 Å². The number of amides is 1. The lowest BCUT2D eigenvalue weighted by atomic mass is 9.90. The molecule has 2 atom stereocenters. The van der Waals surface area contributed by atoms with Gasteiger partial charge in [-0.15, -0.1) is 0 Å². The van der Waals surface area contributed by atoms with Gasteiger partial charge in [-0.2, -0.15) is 0 Å². The minimum Gasteiger partial charge on any atom is -0.481 e. The highest BCUT2D eigenvalue weighted by molar-refractivity contribution is 6.42. The van der Waals surface area contributed by atoms with Crippen molar-refractivity contribution in [3.8, 4) is 0 Å². The molecular weight excluding hydrogens is 313 g/mol. The normalized spacial score (nSPS) is 22.1. The Morgan fingerprint density at radius 2 is 2.05 bits per heavy atom. The summed E-state index contributed by atoms with van der Waals surface area (Å²) in [6.45, 7) is 2.80. The predicted molar refractivity (Wildman–Crippen MR) is 81.7 cm³/mol. The first-order chi connectivity index (χ1) is 9.88. The van der Waals surface area contributed by atoms with Gasteiger partial charge in [-0.3, -0.25) is 9.59 Å². The summed E-state index contributed by atoms with van der Waals surface area (Å²) in [6, 6.07) is 5.17. The molecule has 0 saturated carbocycles. The zero-order chi connectivity index (χ0) is 15.6. The smallest absolute Gasteiger partial charge is 0.308 e. The molecule has 1 aromatic carbocycles. The Labute approximate surface area is 133 Å². The summed E-state index contributed by atoms with van der Waals surface area (Å²) >= 11 is 12.0. The Hall–Kier alpha value is -1.26. The highest BCUT2D eigenvalue weighted by Gasteiger charge is 2.31. The van der Waals surface area contributed by atoms with Crippen LogP contribution in [0.15, 0.2) is 18.2 Å². The number of carbonyl (C=O) groups is 2. The number of hydrogen-bond acceptors (Lipinski definition) is 2. The molecule has 21 heavy (non-hydrogen) atoms. The minimum absolute atomic E-state index is 0.114. The van der Waals surface area contributed by atoms with Crippen LogP contribution in [0.4, 0.5) is 0 Å². The summed E-state index contributed by atoms with van der Waals surface area (Å²) in [6.07, 6.45) is 0.746. The Bertz CT molecular complexity index is 562. The van der Waals surface area contributed by atoms with Crippen molar-refractivity contribution >= 4 is 35.1 Å². The number of hydrogen-bond donors (Lipinski definition) is 1. The van der Waals surface area contributed by atoms with E-state index in [1.807, 2.05) is 6.92 Å². The molecule has 2 rings (SSSR count). The van der Waals surface area contributed by atoms with Gasteiger partial charge in [-0.05, 0) is 24.0 Å². The fourth-order valence-electron chi connectivity index (χ4n) is 2.69. The van der Waals surface area contributed by atoms with E-state index in [0.29, 0.717) is 28.6 Å². The van der Waals surface area contributed by atoms with E-state index in [0.717, 1.165) is 0 Å². The molecule has 0 aromatic heterocycles. The fraction of sp³-hybridized carbons (Fsp3) is 0.467. The average Bonchev–Trinajstić information content (AvgIpc) is 2.43. The lowest BCUT2D eigenvalue weighted by Gasteiger charge is -2.34. The second-order valence-corrected chi connectivity index (χ2v) is 6.35. The fourth-order valence-corrected chi connectivity index (χ4v) is 3.08. The van der Waals surface area contributed by atoms with Crippen molar-refractivity contribution in [1.29, 1.82) is 0 Å². The Balaban J connectivity index is 2.09. The van der Waals surface area contributed by atoms with Crippen molar-refractivity contribution in [1.82, 2.24) is 4.90 Å². The molecule has 1 N–H and O–H groups in total. The van der Waals surface area contributed by atoms with Crippen molar-refractivity contribution in [2.45, 2.75) is 19.8 Å². The first-order valence-corrected chi connectivity index (χ1v) is 7.57. The molecule has 0 bridgehead atoms. The van der Waals surface area contributed by atoms with Crippen LogP contribution in [-0.2, 0) is 16.0 Å². The largest absolute Gasteiger partial charge is 0.481 e. The van der Waals surface area contributed by atoms with Gasteiger partial charge in [0.2, 0.25) is 5.91 Å². The number of rotatable bonds is 3. The van der Waals surface area contributed by atoms with Crippen molar-refractivity contribution in [2.75, 3.05) is 13.1 Å². The minimum atomic E-state index is -0.847. The molecular formula is C15H17Cl2NO3. The van der Waals surface area contributed by atoms with Crippen molar-refractivity contribution < 1.29 is 14.7 Å². The standard InChI is InChI=1S/C15H17Cl2NO3/c1-9-5-11(15(20)21)8-18(7-9)13(19)6-10-3-2-4-12(16)14(10)17/h2-4,9,11H,5-8H2,1H3,(H,20,21). The highest BCUT2D eigenvalue weighted by Crippen LogP contribution is 2.27. The number of likely N-dealkylation sites (tertiary alicyclic amines) is 1. The first-order valence-electron chi connectivity index (χ1n) is 6.82. The maximum Gasteiger partial charge on any atom is 0.308 e. The Kier molecular flexibility index (Phi) is 5.12. The molecule has 1 aromatic rings. The van der Waals surface area contributed by atoms with Gasteiger partial charge in [0.05, 0.1) is 22.4 Å². The molecule has 6 heteroatoms. The van der Waals surface area contributed by atoms with Gasteiger partial charge >= 0.3 is 5.97 Å². The molecule has 1 amide bonds. The molecule has 0 radical (unpaired) electrons. The molecule has 2 unspecified atom stereocenters. The Morgan fingerprint density at radius 3 is 2.71 bits per heavy atom. The SMILES string of the molecule is CC1CC(C(=O)O)CN(C(=O)Cc2cccc(Cl)c2Cl)C1. The van der Waals surface area contributed by atoms with Crippen molar-refractivity contribution in [3.05, 3.63) is 33.8 Å². The highest BCUT2D eigenvalue weighted by atomic mass is 35.5. The third kappa shape index (κ3) is 3.89. The number of carbonyl (C=O) groups excluding carboxylic acids is 1. The average molecular weight is 330 g/mol. The number of aliphatic carboxylic acids is 1. The van der Waals surface area contributed by atoms with Gasteiger partial charge in [0, 0.05) is 13.1 Å². The Morgan fingerprint density at radius 1 is 1.33 bits per heavy atom. The maximum atomic E-state index is 12.4. The zero-order valence-electron chi connectivity index (χ0n) is 11.7. The van der Waals surface area contributed by atoms with Crippen LogP contribution >= 0.6 is 23.2 Å². The van der Waals surface area contributed by atoms with E-state index in [9.17, 15) is 9.59 Å². The number of nitrogens with zero attached hydrogens (tertiary/aromatic N) is 1. The summed E-state index contributed by atoms with van der Waals surface area (Å²) in [5.41, 5.74) is 0.666. The molecule has 1 heterocycles. The van der Waals surface area contributed by atoms with Crippen LogP contribution in [0.25, 0.3) is 0 Å². The van der Waals surface area contributed by atoms with Gasteiger partial charge in [-0.1, -0.05) is 42.3 Å². The van der Waals surface area contributed by atoms with Crippen LogP contribution < -0.4 is 0 Å². The van der Waals surface area contributed by atoms with E-state index in [1.54, 1.807) is 23.1 Å². The second-order valence-electron chi connectivity index (χ2n) is 5.56. The van der Waals surface area contributed by atoms with Gasteiger partial charge in [0.15, 0.2) is 0 Å². The number of carboxylic acids is 1. The maximum absolute atomic E-state index is 12.4. The molecule has 1 aliphatic heterocycles. The van der Waals surface area contributed by atoms with Crippen LogP contribution in [0.5, 0.6) is 0 Å². The van der Waals surface area contributed by atoms with E-state index in [2.05, 4.69) is 0 Å². The molecule has 1 aliphatic rings. The second kappa shape index (κ2) is 6.67. The van der Waals surface area contributed by atoms with Crippen molar-refractivity contribution in [2.24, 2.45) is 11.8 Å². The van der Waals surface area contributed by atoms with Crippen LogP contribution in [0, 0.1) is 11.8 Å². The van der Waals surface area contributed by atoms with Crippen LogP contribution in [0.2, 0.25) is 10.0 Å². The van der Waals surface area contributed by atoms with E-state index in [-0.39, 0.29) is 24.8 Å². The number of carboxylic acid groups (broad SMARTS) is 1. The molecule has 0 aliphatic carbocycles. The lowest BCUT2D eigenvalue weighted by molar-refractivity contribution is -0.146. The third-order valence-corrected chi connectivity index (χ3v) is 4.59. The lowest BCUT2D eigenvalue weighted by Crippen LogP contribution is -2.46. The predicted octanol–water partition coefficient (Wildman–Crippen LogP) is 3.11. The van der Waals surface area contributed by atoms with E-state index in [4.69, 9.17) is 28.3 Å². The molecule has 4 nitrogen and oxygen atoms in total. The summed E-state index contributed by atoms with van der Waals surface area (Å²) in [4.78, 5) is 25.1. The number of halogens is 2. The van der Waals surface area contributed by atoms with Crippen LogP contribution in [0.1, 0.15) is 18.9 Å². The summed E-state index contributed by atoms with van der Waals surface area (Å²) in [5.74, 6) is -1.27.